The minimum absolute atomic E-state index is 0. The predicted molar refractivity (Wildman–Crippen MR) is 141 cm³/mol. The van der Waals surface area contributed by atoms with Crippen molar-refractivity contribution in [1.29, 1.82) is 0 Å². The Bertz CT molecular complexity index is 671. The van der Waals surface area contributed by atoms with Gasteiger partial charge in [-0.1, -0.05) is 23.7 Å². The molecule has 2 atom stereocenters. The highest BCUT2D eigenvalue weighted by Gasteiger charge is 2.30. The van der Waals surface area contributed by atoms with Crippen molar-refractivity contribution in [1.82, 2.24) is 20.4 Å². The Balaban J connectivity index is 0.00000341. The lowest BCUT2D eigenvalue weighted by atomic mass is 9.85. The van der Waals surface area contributed by atoms with Gasteiger partial charge in [-0.05, 0) is 69.9 Å². The third-order valence-corrected chi connectivity index (χ3v) is 6.31. The summed E-state index contributed by atoms with van der Waals surface area (Å²) in [6.45, 7) is 10.8. The van der Waals surface area contributed by atoms with E-state index in [0.29, 0.717) is 12.0 Å². The Labute approximate surface area is 210 Å². The van der Waals surface area contributed by atoms with Crippen LogP contribution in [0.15, 0.2) is 29.3 Å². The molecule has 1 aromatic rings. The van der Waals surface area contributed by atoms with Gasteiger partial charge < -0.3 is 15.4 Å². The maximum Gasteiger partial charge on any atom is 0.191 e. The SMILES string of the molecule is CCNC(=NCC1CCCN(C)C1c1cccc(Cl)c1)NCCCN1CCOCC1.I. The highest BCUT2D eigenvalue weighted by molar-refractivity contribution is 14.0. The van der Waals surface area contributed by atoms with Crippen LogP contribution in [0.25, 0.3) is 0 Å². The van der Waals surface area contributed by atoms with Crippen LogP contribution in [0.2, 0.25) is 5.02 Å². The lowest BCUT2D eigenvalue weighted by molar-refractivity contribution is 0.0376. The summed E-state index contributed by atoms with van der Waals surface area (Å²) < 4.78 is 5.42. The lowest BCUT2D eigenvalue weighted by Crippen LogP contribution is -2.41. The lowest BCUT2D eigenvalue weighted by Gasteiger charge is -2.39. The fourth-order valence-corrected chi connectivity index (χ4v) is 4.75. The van der Waals surface area contributed by atoms with E-state index in [-0.39, 0.29) is 24.0 Å². The molecule has 2 heterocycles. The largest absolute Gasteiger partial charge is 0.379 e. The third-order valence-electron chi connectivity index (χ3n) is 6.07. The molecule has 31 heavy (non-hydrogen) atoms. The highest BCUT2D eigenvalue weighted by atomic mass is 127. The summed E-state index contributed by atoms with van der Waals surface area (Å²) in [6.07, 6.45) is 3.53. The van der Waals surface area contributed by atoms with Gasteiger partial charge in [0.15, 0.2) is 5.96 Å². The number of guanidine groups is 1. The van der Waals surface area contributed by atoms with Crippen molar-refractivity contribution in [3.8, 4) is 0 Å². The van der Waals surface area contributed by atoms with E-state index in [1.807, 2.05) is 6.07 Å². The summed E-state index contributed by atoms with van der Waals surface area (Å²) in [5.41, 5.74) is 1.30. The first-order valence-electron chi connectivity index (χ1n) is 11.5. The smallest absolute Gasteiger partial charge is 0.191 e. The zero-order valence-electron chi connectivity index (χ0n) is 19.0. The number of halogens is 2. The minimum Gasteiger partial charge on any atom is -0.379 e. The highest BCUT2D eigenvalue weighted by Crippen LogP contribution is 2.36. The van der Waals surface area contributed by atoms with Crippen LogP contribution in [-0.2, 0) is 4.74 Å². The van der Waals surface area contributed by atoms with Crippen molar-refractivity contribution < 1.29 is 4.74 Å². The summed E-state index contributed by atoms with van der Waals surface area (Å²) in [6, 6.07) is 8.68. The summed E-state index contributed by atoms with van der Waals surface area (Å²) in [7, 11) is 2.22. The fraction of sp³-hybridized carbons (Fsp3) is 0.696. The van der Waals surface area contributed by atoms with Crippen LogP contribution in [0.5, 0.6) is 0 Å². The number of ether oxygens (including phenoxy) is 1. The van der Waals surface area contributed by atoms with E-state index in [2.05, 4.69) is 52.6 Å². The zero-order chi connectivity index (χ0) is 21.2. The average Bonchev–Trinajstić information content (AvgIpc) is 2.75. The second kappa shape index (κ2) is 14.5. The molecule has 0 amide bonds. The predicted octanol–water partition coefficient (Wildman–Crippen LogP) is 3.62. The molecule has 0 saturated carbocycles. The van der Waals surface area contributed by atoms with Crippen LogP contribution in [0.3, 0.4) is 0 Å². The molecule has 2 saturated heterocycles. The minimum atomic E-state index is 0. The normalized spacial score (nSPS) is 23.3. The van der Waals surface area contributed by atoms with E-state index in [9.17, 15) is 0 Å². The molecule has 0 spiro atoms. The van der Waals surface area contributed by atoms with Crippen LogP contribution in [0.4, 0.5) is 0 Å². The average molecular weight is 564 g/mol. The van der Waals surface area contributed by atoms with Gasteiger partial charge in [-0.2, -0.15) is 0 Å². The molecular weight excluding hydrogens is 525 g/mol. The Hall–Kier alpha value is -0.610. The number of aliphatic imine (C=N–C) groups is 1. The number of hydrogen-bond acceptors (Lipinski definition) is 4. The quantitative estimate of drug-likeness (QED) is 0.219. The standard InChI is InChI=1S/C23H38ClN5O.HI/c1-3-25-23(26-10-6-12-29-13-15-30-16-14-29)27-18-20-8-5-11-28(2)22(20)19-7-4-9-21(24)17-19;/h4,7,9,17,20,22H,3,5-6,8,10-16,18H2,1-2H3,(H2,25,26,27);1H. The first-order valence-corrected chi connectivity index (χ1v) is 11.8. The van der Waals surface area contributed by atoms with Gasteiger partial charge in [-0.25, -0.2) is 0 Å². The molecule has 2 aliphatic heterocycles. The van der Waals surface area contributed by atoms with Gasteiger partial charge in [0.25, 0.3) is 0 Å². The monoisotopic (exact) mass is 563 g/mol. The number of nitrogens with one attached hydrogen (secondary N) is 2. The Kier molecular flexibility index (Phi) is 12.5. The molecule has 2 N–H and O–H groups in total. The molecule has 1 aromatic carbocycles. The van der Waals surface area contributed by atoms with Gasteiger partial charge in [0, 0.05) is 43.8 Å². The van der Waals surface area contributed by atoms with Gasteiger partial charge in [0.05, 0.1) is 13.2 Å². The molecule has 0 aliphatic carbocycles. The molecule has 3 rings (SSSR count). The van der Waals surface area contributed by atoms with Crippen LogP contribution in [-0.4, -0.2) is 81.8 Å². The third kappa shape index (κ3) is 8.68. The number of benzene rings is 1. The van der Waals surface area contributed by atoms with Crippen molar-refractivity contribution in [2.24, 2.45) is 10.9 Å². The number of rotatable bonds is 8. The molecule has 0 radical (unpaired) electrons. The maximum atomic E-state index is 6.28. The van der Waals surface area contributed by atoms with Crippen molar-refractivity contribution in [2.75, 3.05) is 66.1 Å². The van der Waals surface area contributed by atoms with Crippen molar-refractivity contribution in [3.05, 3.63) is 34.9 Å². The second-order valence-electron chi connectivity index (χ2n) is 8.34. The molecule has 2 unspecified atom stereocenters. The van der Waals surface area contributed by atoms with Crippen molar-refractivity contribution >= 4 is 41.5 Å². The van der Waals surface area contributed by atoms with Gasteiger partial charge >= 0.3 is 0 Å². The Morgan fingerprint density at radius 2 is 2.03 bits per heavy atom. The van der Waals surface area contributed by atoms with Gasteiger partial charge in [0.2, 0.25) is 0 Å². The summed E-state index contributed by atoms with van der Waals surface area (Å²) in [5, 5.41) is 7.74. The van der Waals surface area contributed by atoms with E-state index in [4.69, 9.17) is 21.3 Å². The molecule has 2 fully saturated rings. The molecular formula is C23H39ClIN5O. The van der Waals surface area contributed by atoms with Gasteiger partial charge in [-0.3, -0.25) is 14.8 Å². The van der Waals surface area contributed by atoms with E-state index in [1.165, 1.54) is 18.4 Å². The first-order chi connectivity index (χ1) is 14.7. The first kappa shape index (κ1) is 26.6. The van der Waals surface area contributed by atoms with Crippen molar-refractivity contribution in [2.45, 2.75) is 32.2 Å². The van der Waals surface area contributed by atoms with Crippen LogP contribution in [0.1, 0.15) is 37.8 Å². The summed E-state index contributed by atoms with van der Waals surface area (Å²) in [4.78, 5) is 9.89. The molecule has 8 heteroatoms. The molecule has 6 nitrogen and oxygen atoms in total. The van der Waals surface area contributed by atoms with E-state index in [1.54, 1.807) is 0 Å². The number of piperidine rings is 1. The van der Waals surface area contributed by atoms with E-state index in [0.717, 1.165) is 76.4 Å². The number of hydrogen-bond donors (Lipinski definition) is 2. The molecule has 176 valence electrons. The summed E-state index contributed by atoms with van der Waals surface area (Å²) in [5.74, 6) is 1.42. The van der Waals surface area contributed by atoms with E-state index >= 15 is 0 Å². The fourth-order valence-electron chi connectivity index (χ4n) is 4.55. The van der Waals surface area contributed by atoms with Crippen LogP contribution in [0, 0.1) is 5.92 Å². The zero-order valence-corrected chi connectivity index (χ0v) is 22.1. The maximum absolute atomic E-state index is 6.28. The van der Waals surface area contributed by atoms with E-state index < -0.39 is 0 Å². The second-order valence-corrected chi connectivity index (χ2v) is 8.77. The topological polar surface area (TPSA) is 52.1 Å². The molecule has 2 aliphatic rings. The number of likely N-dealkylation sites (tertiary alicyclic amines) is 1. The molecule has 0 aromatic heterocycles. The van der Waals surface area contributed by atoms with Gasteiger partial charge in [0.1, 0.15) is 0 Å². The van der Waals surface area contributed by atoms with Gasteiger partial charge in [-0.15, -0.1) is 24.0 Å². The van der Waals surface area contributed by atoms with Crippen LogP contribution < -0.4 is 10.6 Å². The Morgan fingerprint density at radius 3 is 2.77 bits per heavy atom. The summed E-state index contributed by atoms with van der Waals surface area (Å²) >= 11 is 6.28. The molecule has 0 bridgehead atoms. The number of nitrogens with zero attached hydrogens (tertiary/aromatic N) is 3. The van der Waals surface area contributed by atoms with Crippen molar-refractivity contribution in [3.63, 3.8) is 0 Å². The van der Waals surface area contributed by atoms with Crippen LogP contribution >= 0.6 is 35.6 Å². The number of morpholine rings is 1. The Morgan fingerprint density at radius 1 is 1.23 bits per heavy atom.